The predicted molar refractivity (Wildman–Crippen MR) is 82.3 cm³/mol. The fourth-order valence-corrected chi connectivity index (χ4v) is 2.26. The molecular weight excluding hydrogens is 234 g/mol. The zero-order valence-corrected chi connectivity index (χ0v) is 12.8. The molecule has 0 fully saturated rings. The molecule has 3 nitrogen and oxygen atoms in total. The lowest BCUT2D eigenvalue weighted by atomic mass is 10.2. The maximum atomic E-state index is 4.58. The molecule has 1 heterocycles. The standard InChI is InChI=1S/C16H29N3/c1-4-19(13-8-6-5-7-12-17-3)14-16-11-9-10-15(2)18-16/h9-11,17H,4-8,12-14H2,1-3H3. The van der Waals surface area contributed by atoms with Gasteiger partial charge in [-0.05, 0) is 58.6 Å². The molecule has 108 valence electrons. The molecule has 0 radical (unpaired) electrons. The topological polar surface area (TPSA) is 28.2 Å². The van der Waals surface area contributed by atoms with Gasteiger partial charge in [-0.1, -0.05) is 25.8 Å². The van der Waals surface area contributed by atoms with Crippen molar-refractivity contribution in [3.8, 4) is 0 Å². The molecular formula is C16H29N3. The summed E-state index contributed by atoms with van der Waals surface area (Å²) in [6.07, 6.45) is 5.26. The summed E-state index contributed by atoms with van der Waals surface area (Å²) in [5.74, 6) is 0. The van der Waals surface area contributed by atoms with Crippen molar-refractivity contribution < 1.29 is 0 Å². The first-order valence-corrected chi connectivity index (χ1v) is 7.55. The number of rotatable bonds is 10. The van der Waals surface area contributed by atoms with Crippen molar-refractivity contribution in [1.82, 2.24) is 15.2 Å². The molecule has 0 aliphatic rings. The van der Waals surface area contributed by atoms with Crippen LogP contribution in [0.2, 0.25) is 0 Å². The van der Waals surface area contributed by atoms with Gasteiger partial charge in [-0.3, -0.25) is 9.88 Å². The Bertz CT molecular complexity index is 339. The zero-order valence-electron chi connectivity index (χ0n) is 12.8. The van der Waals surface area contributed by atoms with E-state index in [2.05, 4.69) is 47.2 Å². The number of hydrogen-bond donors (Lipinski definition) is 1. The lowest BCUT2D eigenvalue weighted by Gasteiger charge is -2.20. The largest absolute Gasteiger partial charge is 0.320 e. The van der Waals surface area contributed by atoms with Gasteiger partial charge >= 0.3 is 0 Å². The van der Waals surface area contributed by atoms with Crippen molar-refractivity contribution in [3.63, 3.8) is 0 Å². The Morgan fingerprint density at radius 1 is 1.16 bits per heavy atom. The molecule has 0 saturated heterocycles. The monoisotopic (exact) mass is 263 g/mol. The molecule has 0 amide bonds. The zero-order chi connectivity index (χ0) is 13.9. The Kier molecular flexibility index (Phi) is 8.43. The van der Waals surface area contributed by atoms with E-state index in [1.807, 2.05) is 7.05 Å². The van der Waals surface area contributed by atoms with Crippen LogP contribution in [0.1, 0.15) is 44.0 Å². The molecule has 0 saturated carbocycles. The number of aryl methyl sites for hydroxylation is 1. The Balaban J connectivity index is 2.22. The van der Waals surface area contributed by atoms with Crippen LogP contribution in [-0.2, 0) is 6.54 Å². The van der Waals surface area contributed by atoms with Crippen LogP contribution in [0.3, 0.4) is 0 Å². The minimum Gasteiger partial charge on any atom is -0.320 e. The molecule has 19 heavy (non-hydrogen) atoms. The van der Waals surface area contributed by atoms with Crippen molar-refractivity contribution in [2.45, 2.75) is 46.1 Å². The highest BCUT2D eigenvalue weighted by atomic mass is 15.1. The van der Waals surface area contributed by atoms with Crippen LogP contribution in [0.25, 0.3) is 0 Å². The third-order valence-corrected chi connectivity index (χ3v) is 3.43. The minimum absolute atomic E-state index is 0.981. The molecule has 0 aliphatic carbocycles. The van der Waals surface area contributed by atoms with Gasteiger partial charge in [-0.25, -0.2) is 0 Å². The van der Waals surface area contributed by atoms with E-state index < -0.39 is 0 Å². The normalized spacial score (nSPS) is 11.2. The maximum Gasteiger partial charge on any atom is 0.0547 e. The number of hydrogen-bond acceptors (Lipinski definition) is 3. The summed E-state index contributed by atoms with van der Waals surface area (Å²) in [6.45, 7) is 8.70. The van der Waals surface area contributed by atoms with Crippen LogP contribution in [-0.4, -0.2) is 36.6 Å². The second-order valence-electron chi connectivity index (χ2n) is 5.16. The summed E-state index contributed by atoms with van der Waals surface area (Å²) in [5.41, 5.74) is 2.30. The summed E-state index contributed by atoms with van der Waals surface area (Å²) in [4.78, 5) is 7.07. The van der Waals surface area contributed by atoms with Crippen molar-refractivity contribution in [1.29, 1.82) is 0 Å². The van der Waals surface area contributed by atoms with E-state index in [0.717, 1.165) is 25.3 Å². The van der Waals surface area contributed by atoms with Gasteiger partial charge in [-0.2, -0.15) is 0 Å². The summed E-state index contributed by atoms with van der Waals surface area (Å²) in [6, 6.07) is 6.29. The second-order valence-corrected chi connectivity index (χ2v) is 5.16. The van der Waals surface area contributed by atoms with E-state index in [1.165, 1.54) is 37.9 Å². The molecule has 0 unspecified atom stereocenters. The lowest BCUT2D eigenvalue weighted by molar-refractivity contribution is 0.269. The third kappa shape index (κ3) is 7.28. The van der Waals surface area contributed by atoms with E-state index in [-0.39, 0.29) is 0 Å². The van der Waals surface area contributed by atoms with E-state index in [4.69, 9.17) is 0 Å². The van der Waals surface area contributed by atoms with E-state index in [0.29, 0.717) is 0 Å². The molecule has 1 N–H and O–H groups in total. The van der Waals surface area contributed by atoms with Gasteiger partial charge in [0, 0.05) is 12.2 Å². The minimum atomic E-state index is 0.981. The lowest BCUT2D eigenvalue weighted by Crippen LogP contribution is -2.24. The predicted octanol–water partition coefficient (Wildman–Crippen LogP) is 2.99. The van der Waals surface area contributed by atoms with Gasteiger partial charge < -0.3 is 5.32 Å². The fraction of sp³-hybridized carbons (Fsp3) is 0.688. The van der Waals surface area contributed by atoms with Crippen molar-refractivity contribution in [2.24, 2.45) is 0 Å². The van der Waals surface area contributed by atoms with Gasteiger partial charge in [0.05, 0.1) is 5.69 Å². The fourth-order valence-electron chi connectivity index (χ4n) is 2.26. The van der Waals surface area contributed by atoms with Gasteiger partial charge in [0.15, 0.2) is 0 Å². The Labute approximate surface area is 118 Å². The maximum absolute atomic E-state index is 4.58. The van der Waals surface area contributed by atoms with Crippen LogP contribution in [0.4, 0.5) is 0 Å². The summed E-state index contributed by atoms with van der Waals surface area (Å²) in [7, 11) is 2.02. The molecule has 3 heteroatoms. The summed E-state index contributed by atoms with van der Waals surface area (Å²) in [5, 5.41) is 3.20. The Hall–Kier alpha value is -0.930. The summed E-state index contributed by atoms with van der Waals surface area (Å²) >= 11 is 0. The van der Waals surface area contributed by atoms with Gasteiger partial charge in [0.25, 0.3) is 0 Å². The van der Waals surface area contributed by atoms with Crippen LogP contribution >= 0.6 is 0 Å². The third-order valence-electron chi connectivity index (χ3n) is 3.43. The van der Waals surface area contributed by atoms with E-state index >= 15 is 0 Å². The molecule has 0 bridgehead atoms. The van der Waals surface area contributed by atoms with E-state index in [9.17, 15) is 0 Å². The highest BCUT2D eigenvalue weighted by Gasteiger charge is 2.04. The van der Waals surface area contributed by atoms with E-state index in [1.54, 1.807) is 0 Å². The van der Waals surface area contributed by atoms with Crippen LogP contribution < -0.4 is 5.32 Å². The number of nitrogens with one attached hydrogen (secondary N) is 1. The first kappa shape index (κ1) is 16.1. The van der Waals surface area contributed by atoms with Crippen LogP contribution in [0, 0.1) is 6.92 Å². The summed E-state index contributed by atoms with van der Waals surface area (Å²) < 4.78 is 0. The second kappa shape index (κ2) is 9.93. The Morgan fingerprint density at radius 2 is 1.95 bits per heavy atom. The molecule has 0 spiro atoms. The van der Waals surface area contributed by atoms with Gasteiger partial charge in [-0.15, -0.1) is 0 Å². The van der Waals surface area contributed by atoms with Crippen molar-refractivity contribution in [2.75, 3.05) is 26.7 Å². The SMILES string of the molecule is CCN(CCCCCCNC)Cc1cccc(C)n1. The number of pyridine rings is 1. The van der Waals surface area contributed by atoms with Gasteiger partial charge in [0.2, 0.25) is 0 Å². The van der Waals surface area contributed by atoms with Crippen LogP contribution in [0.5, 0.6) is 0 Å². The van der Waals surface area contributed by atoms with Crippen molar-refractivity contribution >= 4 is 0 Å². The average molecular weight is 263 g/mol. The molecule has 0 aliphatic heterocycles. The Morgan fingerprint density at radius 3 is 2.63 bits per heavy atom. The first-order valence-electron chi connectivity index (χ1n) is 7.55. The number of aromatic nitrogens is 1. The van der Waals surface area contributed by atoms with Crippen molar-refractivity contribution in [3.05, 3.63) is 29.6 Å². The molecule has 1 aromatic rings. The number of nitrogens with zero attached hydrogens (tertiary/aromatic N) is 2. The average Bonchev–Trinajstić information content (AvgIpc) is 2.41. The first-order chi connectivity index (χ1) is 9.26. The molecule has 0 atom stereocenters. The molecule has 1 aromatic heterocycles. The smallest absolute Gasteiger partial charge is 0.0547 e. The van der Waals surface area contributed by atoms with Crippen LogP contribution in [0.15, 0.2) is 18.2 Å². The quantitative estimate of drug-likeness (QED) is 0.658. The highest BCUT2D eigenvalue weighted by Crippen LogP contribution is 2.06. The molecule has 0 aromatic carbocycles. The van der Waals surface area contributed by atoms with Gasteiger partial charge in [0.1, 0.15) is 0 Å². The number of unbranched alkanes of at least 4 members (excludes halogenated alkanes) is 3. The molecule has 1 rings (SSSR count). The highest BCUT2D eigenvalue weighted by molar-refractivity contribution is 5.09.